The van der Waals surface area contributed by atoms with Crippen molar-refractivity contribution in [2.24, 2.45) is 0 Å². The van der Waals surface area contributed by atoms with Crippen molar-refractivity contribution in [1.29, 1.82) is 0 Å². The molecule has 1 aromatic heterocycles. The van der Waals surface area contributed by atoms with Crippen LogP contribution in [0.25, 0.3) is 0 Å². The molecule has 2 N–H and O–H groups in total. The summed E-state index contributed by atoms with van der Waals surface area (Å²) in [5, 5.41) is 5.50. The first-order chi connectivity index (χ1) is 11.8. The van der Waals surface area contributed by atoms with Crippen LogP contribution in [0.15, 0.2) is 42.6 Å². The van der Waals surface area contributed by atoms with Crippen LogP contribution in [0.4, 0.5) is 5.82 Å². The molecule has 25 heavy (non-hydrogen) atoms. The maximum absolute atomic E-state index is 12.5. The van der Waals surface area contributed by atoms with Crippen molar-refractivity contribution in [3.8, 4) is 11.5 Å². The number of carbonyl (C=O) groups excluding carboxylic acids is 1. The van der Waals surface area contributed by atoms with E-state index in [1.165, 1.54) is 20.3 Å². The van der Waals surface area contributed by atoms with E-state index in [2.05, 4.69) is 15.6 Å². The summed E-state index contributed by atoms with van der Waals surface area (Å²) >= 11 is 17.9. The first-order valence-electron chi connectivity index (χ1n) is 7.12. The van der Waals surface area contributed by atoms with E-state index in [0.717, 1.165) is 0 Å². The molecule has 1 unspecified atom stereocenters. The lowest BCUT2D eigenvalue weighted by atomic mass is 10.2. The van der Waals surface area contributed by atoms with Crippen LogP contribution in [0.2, 0.25) is 0 Å². The van der Waals surface area contributed by atoms with E-state index in [4.69, 9.17) is 44.3 Å². The summed E-state index contributed by atoms with van der Waals surface area (Å²) in [5.74, 6) is 0.911. The van der Waals surface area contributed by atoms with Crippen molar-refractivity contribution in [3.63, 3.8) is 0 Å². The fourth-order valence-corrected chi connectivity index (χ4v) is 2.31. The minimum absolute atomic E-state index is 0.319. The fourth-order valence-electron chi connectivity index (χ4n) is 1.99. The second-order valence-electron chi connectivity index (χ2n) is 4.88. The van der Waals surface area contributed by atoms with Crippen LogP contribution in [0.1, 0.15) is 10.4 Å². The molecular weight excluding hydrogens is 389 g/mol. The van der Waals surface area contributed by atoms with Crippen LogP contribution >= 0.6 is 34.8 Å². The minimum Gasteiger partial charge on any atom is -0.493 e. The Morgan fingerprint density at radius 1 is 1.12 bits per heavy atom. The van der Waals surface area contributed by atoms with Gasteiger partial charge in [0.15, 0.2) is 11.5 Å². The van der Waals surface area contributed by atoms with Crippen molar-refractivity contribution in [1.82, 2.24) is 10.3 Å². The maximum atomic E-state index is 12.5. The fraction of sp³-hybridized carbons (Fsp3) is 0.250. The number of hydrogen-bond donors (Lipinski definition) is 2. The molecule has 0 radical (unpaired) electrons. The number of aromatic nitrogens is 1. The van der Waals surface area contributed by atoms with Gasteiger partial charge in [0.05, 0.1) is 14.2 Å². The number of anilines is 1. The predicted octanol–water partition coefficient (Wildman–Crippen LogP) is 3.64. The quantitative estimate of drug-likeness (QED) is 0.568. The van der Waals surface area contributed by atoms with Crippen molar-refractivity contribution < 1.29 is 14.3 Å². The van der Waals surface area contributed by atoms with Gasteiger partial charge < -0.3 is 20.1 Å². The summed E-state index contributed by atoms with van der Waals surface area (Å²) in [7, 11) is 2.99. The number of benzene rings is 1. The summed E-state index contributed by atoms with van der Waals surface area (Å²) < 4.78 is 8.53. The maximum Gasteiger partial charge on any atom is 0.253 e. The van der Waals surface area contributed by atoms with Crippen molar-refractivity contribution >= 4 is 46.5 Å². The number of rotatable bonds is 6. The topological polar surface area (TPSA) is 72.5 Å². The molecule has 0 saturated heterocycles. The van der Waals surface area contributed by atoms with E-state index >= 15 is 0 Å². The molecule has 0 aliphatic carbocycles. The van der Waals surface area contributed by atoms with Crippen LogP contribution in [0, 0.1) is 0 Å². The second kappa shape index (κ2) is 8.47. The van der Waals surface area contributed by atoms with Gasteiger partial charge in [0.25, 0.3) is 5.91 Å². The molecule has 0 spiro atoms. The largest absolute Gasteiger partial charge is 0.493 e. The van der Waals surface area contributed by atoms with Crippen molar-refractivity contribution in [2.45, 2.75) is 9.96 Å². The van der Waals surface area contributed by atoms with E-state index in [-0.39, 0.29) is 0 Å². The summed E-state index contributed by atoms with van der Waals surface area (Å²) in [6, 6.07) is 9.92. The van der Waals surface area contributed by atoms with Gasteiger partial charge in [-0.1, -0.05) is 40.9 Å². The highest BCUT2D eigenvalue weighted by atomic mass is 35.6. The molecular formula is C16H16Cl3N3O3. The van der Waals surface area contributed by atoms with Gasteiger partial charge in [-0.2, -0.15) is 0 Å². The zero-order valence-corrected chi connectivity index (χ0v) is 15.7. The molecule has 6 nitrogen and oxygen atoms in total. The molecule has 1 heterocycles. The number of carbonyl (C=O) groups is 1. The molecule has 2 rings (SSSR count). The lowest BCUT2D eigenvalue weighted by Gasteiger charge is -2.27. The van der Waals surface area contributed by atoms with E-state index in [9.17, 15) is 4.79 Å². The van der Waals surface area contributed by atoms with Crippen LogP contribution in [-0.2, 0) is 0 Å². The lowest BCUT2D eigenvalue weighted by molar-refractivity contribution is 0.0941. The summed E-state index contributed by atoms with van der Waals surface area (Å²) in [6.07, 6.45) is 0.571. The van der Waals surface area contributed by atoms with Crippen molar-refractivity contribution in [2.75, 3.05) is 19.5 Å². The van der Waals surface area contributed by atoms with Crippen LogP contribution in [0.5, 0.6) is 11.5 Å². The third-order valence-electron chi connectivity index (χ3n) is 3.21. The summed E-state index contributed by atoms with van der Waals surface area (Å²) in [4.78, 5) is 16.6. The first kappa shape index (κ1) is 19.4. The van der Waals surface area contributed by atoms with E-state index < -0.39 is 15.9 Å². The monoisotopic (exact) mass is 403 g/mol. The number of methoxy groups -OCH3 is 2. The minimum atomic E-state index is -1.80. The van der Waals surface area contributed by atoms with Gasteiger partial charge in [-0.3, -0.25) is 4.79 Å². The second-order valence-corrected chi connectivity index (χ2v) is 7.25. The number of ether oxygens (including phenoxy) is 2. The Hall–Kier alpha value is -1.89. The Bertz CT molecular complexity index is 724. The normalized spacial score (nSPS) is 12.2. The van der Waals surface area contributed by atoms with Gasteiger partial charge in [0.1, 0.15) is 12.0 Å². The molecule has 1 atom stereocenters. The van der Waals surface area contributed by atoms with E-state index in [0.29, 0.717) is 22.9 Å². The molecule has 9 heteroatoms. The highest BCUT2D eigenvalue weighted by Gasteiger charge is 2.34. The summed E-state index contributed by atoms with van der Waals surface area (Å²) in [5.41, 5.74) is 0.319. The third-order valence-corrected chi connectivity index (χ3v) is 3.86. The van der Waals surface area contributed by atoms with Gasteiger partial charge in [-0.25, -0.2) is 4.98 Å². The van der Waals surface area contributed by atoms with E-state index in [1.807, 2.05) is 0 Å². The van der Waals surface area contributed by atoms with Gasteiger partial charge in [0, 0.05) is 11.8 Å². The van der Waals surface area contributed by atoms with Gasteiger partial charge >= 0.3 is 0 Å². The zero-order valence-electron chi connectivity index (χ0n) is 13.4. The van der Waals surface area contributed by atoms with Gasteiger partial charge in [-0.05, 0) is 30.3 Å². The average Bonchev–Trinajstić information content (AvgIpc) is 2.60. The molecule has 0 saturated carbocycles. The first-order valence-corrected chi connectivity index (χ1v) is 8.25. The number of nitrogens with one attached hydrogen (secondary N) is 2. The zero-order chi connectivity index (χ0) is 18.4. The molecule has 0 fully saturated rings. The number of hydrogen-bond acceptors (Lipinski definition) is 5. The standard InChI is InChI=1S/C16H16Cl3N3O3/c1-24-11-7-6-10(9-12(11)25-2)14(23)22-15(16(17,18)19)21-13-5-3-4-8-20-13/h3-9,15H,1-2H3,(H,20,21)(H,22,23). The Morgan fingerprint density at radius 3 is 2.40 bits per heavy atom. The Balaban J connectivity index is 2.19. The highest BCUT2D eigenvalue weighted by Crippen LogP contribution is 2.31. The SMILES string of the molecule is COc1ccc(C(=O)NC(Nc2ccccn2)C(Cl)(Cl)Cl)cc1OC. The average molecular weight is 405 g/mol. The molecule has 1 amide bonds. The summed E-state index contributed by atoms with van der Waals surface area (Å²) in [6.45, 7) is 0. The predicted molar refractivity (Wildman–Crippen MR) is 98.9 cm³/mol. The Morgan fingerprint density at radius 2 is 1.84 bits per heavy atom. The number of pyridine rings is 1. The van der Waals surface area contributed by atoms with Crippen LogP contribution in [0.3, 0.4) is 0 Å². The van der Waals surface area contributed by atoms with Crippen molar-refractivity contribution in [3.05, 3.63) is 48.2 Å². The van der Waals surface area contributed by atoms with E-state index in [1.54, 1.807) is 36.5 Å². The number of alkyl halides is 3. The number of halogens is 3. The molecule has 134 valence electrons. The molecule has 0 aliphatic rings. The lowest BCUT2D eigenvalue weighted by Crippen LogP contribution is -2.49. The number of amides is 1. The Kier molecular flexibility index (Phi) is 6.58. The third kappa shape index (κ3) is 5.29. The van der Waals surface area contributed by atoms with Crippen LogP contribution in [-0.4, -0.2) is 35.1 Å². The van der Waals surface area contributed by atoms with Gasteiger partial charge in [0.2, 0.25) is 3.79 Å². The molecule has 0 bridgehead atoms. The number of nitrogens with zero attached hydrogens (tertiary/aromatic N) is 1. The van der Waals surface area contributed by atoms with Gasteiger partial charge in [-0.15, -0.1) is 0 Å². The molecule has 2 aromatic rings. The smallest absolute Gasteiger partial charge is 0.253 e. The molecule has 1 aromatic carbocycles. The molecule has 0 aliphatic heterocycles. The van der Waals surface area contributed by atoms with Crippen LogP contribution < -0.4 is 20.1 Å². The Labute approximate surface area is 160 Å². The highest BCUT2D eigenvalue weighted by molar-refractivity contribution is 6.68.